The van der Waals surface area contributed by atoms with Gasteiger partial charge in [0.2, 0.25) is 0 Å². The van der Waals surface area contributed by atoms with E-state index in [0.29, 0.717) is 24.5 Å². The third-order valence-electron chi connectivity index (χ3n) is 4.06. The van der Waals surface area contributed by atoms with Gasteiger partial charge in [0.05, 0.1) is 17.1 Å². The Hall–Kier alpha value is -2.94. The molecule has 9 nitrogen and oxygen atoms in total. The van der Waals surface area contributed by atoms with Crippen molar-refractivity contribution in [3.05, 3.63) is 46.1 Å². The van der Waals surface area contributed by atoms with Gasteiger partial charge in [-0.1, -0.05) is 0 Å². The molecule has 0 spiro atoms. The van der Waals surface area contributed by atoms with Crippen molar-refractivity contribution in [2.75, 3.05) is 11.4 Å². The topological polar surface area (TPSA) is 111 Å². The second-order valence-corrected chi connectivity index (χ2v) is 5.79. The van der Waals surface area contributed by atoms with Gasteiger partial charge in [-0.15, -0.1) is 0 Å². The van der Waals surface area contributed by atoms with E-state index in [1.54, 1.807) is 28.9 Å². The van der Waals surface area contributed by atoms with Gasteiger partial charge in [-0.3, -0.25) is 24.5 Å². The van der Waals surface area contributed by atoms with Crippen LogP contribution >= 0.6 is 0 Å². The summed E-state index contributed by atoms with van der Waals surface area (Å²) in [4.78, 5) is 24.6. The minimum atomic E-state index is -0.691. The van der Waals surface area contributed by atoms with Crippen molar-refractivity contribution < 1.29 is 19.6 Å². The van der Waals surface area contributed by atoms with Crippen LogP contribution in [0.2, 0.25) is 0 Å². The molecule has 9 heteroatoms. The molecule has 0 saturated carbocycles. The summed E-state index contributed by atoms with van der Waals surface area (Å²) in [6.07, 6.45) is 2.38. The zero-order chi connectivity index (χ0) is 18.0. The molecule has 0 radical (unpaired) electrons. The van der Waals surface area contributed by atoms with Crippen LogP contribution in [0, 0.1) is 10.1 Å². The van der Waals surface area contributed by atoms with Crippen LogP contribution in [0.1, 0.15) is 18.4 Å². The van der Waals surface area contributed by atoms with E-state index in [0.717, 1.165) is 6.42 Å². The maximum atomic E-state index is 12.7. The number of nitro benzene ring substituents is 1. The van der Waals surface area contributed by atoms with Gasteiger partial charge in [0.25, 0.3) is 11.6 Å². The molecule has 1 aliphatic heterocycles. The van der Waals surface area contributed by atoms with Gasteiger partial charge < -0.3 is 9.84 Å². The van der Waals surface area contributed by atoms with E-state index in [4.69, 9.17) is 4.74 Å². The van der Waals surface area contributed by atoms with E-state index < -0.39 is 17.6 Å². The van der Waals surface area contributed by atoms with Crippen molar-refractivity contribution in [3.8, 4) is 5.75 Å². The van der Waals surface area contributed by atoms with Gasteiger partial charge in [0.15, 0.2) is 11.9 Å². The van der Waals surface area contributed by atoms with Crippen molar-refractivity contribution >= 4 is 17.4 Å². The smallest absolute Gasteiger partial charge is 0.275 e. The summed E-state index contributed by atoms with van der Waals surface area (Å²) in [5.74, 6) is 0.685. The lowest BCUT2D eigenvalue weighted by atomic mass is 10.1. The minimum Gasteiger partial charge on any atom is -0.481 e. The molecule has 2 aromatic rings. The number of benzene rings is 1. The van der Waals surface area contributed by atoms with Gasteiger partial charge in [0.1, 0.15) is 5.75 Å². The molecule has 0 bridgehead atoms. The predicted octanol–water partition coefficient (Wildman–Crippen LogP) is 1.39. The normalized spacial score (nSPS) is 17.6. The Bertz CT molecular complexity index is 804. The second kappa shape index (κ2) is 6.89. The number of amides is 1. The quantitative estimate of drug-likeness (QED) is 0.647. The fraction of sp³-hybridized carbons (Fsp3) is 0.375. The summed E-state index contributed by atoms with van der Waals surface area (Å²) < 4.78 is 7.37. The molecule has 3 rings (SSSR count). The molecule has 1 N–H and O–H groups in total. The van der Waals surface area contributed by atoms with E-state index in [1.165, 1.54) is 18.2 Å². The number of aryl methyl sites for hydroxylation is 1. The largest absolute Gasteiger partial charge is 0.481 e. The van der Waals surface area contributed by atoms with Crippen molar-refractivity contribution in [1.29, 1.82) is 0 Å². The summed E-state index contributed by atoms with van der Waals surface area (Å²) in [6.45, 7) is 0.0873. The summed E-state index contributed by atoms with van der Waals surface area (Å²) in [5, 5.41) is 24.5. The molecule has 1 aromatic carbocycles. The number of piperidine rings is 1. The van der Waals surface area contributed by atoms with E-state index in [1.807, 2.05) is 0 Å². The molecule has 1 aromatic heterocycles. The molecular formula is C16H18N4O5. The number of carbonyl (C=O) groups is 1. The number of carbonyl (C=O) groups excluding carboxylic acids is 1. The van der Waals surface area contributed by atoms with Gasteiger partial charge in [-0.2, -0.15) is 5.10 Å². The molecule has 1 aliphatic rings. The van der Waals surface area contributed by atoms with Crippen LogP contribution in [0.25, 0.3) is 0 Å². The van der Waals surface area contributed by atoms with E-state index in [2.05, 4.69) is 5.10 Å². The number of aliphatic hydroxyl groups excluding tert-OH is 1. The van der Waals surface area contributed by atoms with Crippen LogP contribution in [0.5, 0.6) is 5.75 Å². The summed E-state index contributed by atoms with van der Waals surface area (Å²) in [7, 11) is 1.78. The fourth-order valence-electron chi connectivity index (χ4n) is 2.83. The average Bonchev–Trinajstić information content (AvgIpc) is 3.02. The summed E-state index contributed by atoms with van der Waals surface area (Å²) >= 11 is 0. The fourth-order valence-corrected chi connectivity index (χ4v) is 2.83. The maximum Gasteiger partial charge on any atom is 0.275 e. The zero-order valence-electron chi connectivity index (χ0n) is 13.7. The third-order valence-corrected chi connectivity index (χ3v) is 4.06. The Morgan fingerprint density at radius 1 is 1.44 bits per heavy atom. The molecule has 1 fully saturated rings. The van der Waals surface area contributed by atoms with Gasteiger partial charge in [-0.05, 0) is 25.0 Å². The Morgan fingerprint density at radius 2 is 2.24 bits per heavy atom. The number of nitrogens with zero attached hydrogens (tertiary/aromatic N) is 4. The van der Waals surface area contributed by atoms with Crippen LogP contribution in [0.4, 0.5) is 11.5 Å². The Labute approximate surface area is 143 Å². The van der Waals surface area contributed by atoms with Gasteiger partial charge in [0, 0.05) is 31.9 Å². The number of ether oxygens (including phenoxy) is 1. The number of aliphatic hydroxyl groups is 1. The Morgan fingerprint density at radius 3 is 2.88 bits per heavy atom. The van der Waals surface area contributed by atoms with Crippen LogP contribution in [-0.4, -0.2) is 38.4 Å². The first-order chi connectivity index (χ1) is 12.0. The molecule has 1 amide bonds. The minimum absolute atomic E-state index is 0.146. The lowest BCUT2D eigenvalue weighted by molar-refractivity contribution is -0.385. The van der Waals surface area contributed by atoms with Crippen LogP contribution in [0.15, 0.2) is 30.5 Å². The lowest BCUT2D eigenvalue weighted by Gasteiger charge is -2.30. The third kappa shape index (κ3) is 3.45. The van der Waals surface area contributed by atoms with Crippen molar-refractivity contribution in [2.45, 2.75) is 25.6 Å². The molecule has 0 aliphatic carbocycles. The summed E-state index contributed by atoms with van der Waals surface area (Å²) in [6, 6.07) is 5.86. The summed E-state index contributed by atoms with van der Waals surface area (Å²) in [5.41, 5.74) is -0.0349. The number of nitro groups is 1. The second-order valence-electron chi connectivity index (χ2n) is 5.79. The SMILES string of the molecule is Cn1ccc(N2CCC[C@H](Oc3ccc([N+](=O)[O-])c(CO)c3)C2=O)n1. The Kier molecular flexibility index (Phi) is 4.66. The van der Waals surface area contributed by atoms with Crippen LogP contribution < -0.4 is 9.64 Å². The van der Waals surface area contributed by atoms with E-state index in [9.17, 15) is 20.0 Å². The highest BCUT2D eigenvalue weighted by atomic mass is 16.6. The highest BCUT2D eigenvalue weighted by molar-refractivity contribution is 5.96. The molecule has 1 saturated heterocycles. The number of anilines is 1. The monoisotopic (exact) mass is 346 g/mol. The number of hydrogen-bond acceptors (Lipinski definition) is 6. The highest BCUT2D eigenvalue weighted by Gasteiger charge is 2.32. The van der Waals surface area contributed by atoms with Crippen LogP contribution in [-0.2, 0) is 18.4 Å². The van der Waals surface area contributed by atoms with Gasteiger partial charge in [-0.25, -0.2) is 0 Å². The number of aromatic nitrogens is 2. The zero-order valence-corrected chi connectivity index (χ0v) is 13.7. The standard InChI is InChI=1S/C16H18N4O5/c1-18-8-6-15(17-18)19-7-2-3-14(16(19)22)25-12-4-5-13(20(23)24)11(9-12)10-21/h4-6,8-9,14,21H,2-3,7,10H2,1H3/t14-/m0/s1. The number of rotatable bonds is 5. The van der Waals surface area contributed by atoms with Gasteiger partial charge >= 0.3 is 0 Å². The first-order valence-electron chi connectivity index (χ1n) is 7.85. The molecule has 25 heavy (non-hydrogen) atoms. The predicted molar refractivity (Wildman–Crippen MR) is 88.2 cm³/mol. The van der Waals surface area contributed by atoms with Crippen LogP contribution in [0.3, 0.4) is 0 Å². The molecule has 1 atom stereocenters. The first-order valence-corrected chi connectivity index (χ1v) is 7.85. The highest BCUT2D eigenvalue weighted by Crippen LogP contribution is 2.27. The van der Waals surface area contributed by atoms with E-state index >= 15 is 0 Å². The Balaban J connectivity index is 1.78. The molecule has 2 heterocycles. The van der Waals surface area contributed by atoms with Crippen molar-refractivity contribution in [1.82, 2.24) is 9.78 Å². The van der Waals surface area contributed by atoms with Crippen molar-refractivity contribution in [2.24, 2.45) is 7.05 Å². The first kappa shape index (κ1) is 16.9. The molecule has 132 valence electrons. The lowest BCUT2D eigenvalue weighted by Crippen LogP contribution is -2.47. The average molecular weight is 346 g/mol. The van der Waals surface area contributed by atoms with Crippen molar-refractivity contribution in [3.63, 3.8) is 0 Å². The maximum absolute atomic E-state index is 12.7. The molecular weight excluding hydrogens is 328 g/mol. The number of hydrogen-bond donors (Lipinski definition) is 1. The van der Waals surface area contributed by atoms with E-state index in [-0.39, 0.29) is 17.2 Å². The molecule has 0 unspecified atom stereocenters.